The second kappa shape index (κ2) is 11.9. The highest BCUT2D eigenvalue weighted by molar-refractivity contribution is 6.14. The van der Waals surface area contributed by atoms with Crippen molar-refractivity contribution in [3.8, 4) is 45.3 Å². The number of para-hydroxylation sites is 2. The van der Waals surface area contributed by atoms with Gasteiger partial charge in [-0.3, -0.25) is 0 Å². The quantitative estimate of drug-likeness (QED) is 0.176. The molecule has 0 bridgehead atoms. The first-order valence-electron chi connectivity index (χ1n) is 17.7. The van der Waals surface area contributed by atoms with Crippen LogP contribution in [0.1, 0.15) is 11.1 Å². The summed E-state index contributed by atoms with van der Waals surface area (Å²) in [6.07, 6.45) is 0. The topological polar surface area (TPSA) is 24.9 Å². The van der Waals surface area contributed by atoms with Crippen LogP contribution in [0.5, 0.6) is 23.0 Å². The Hall–Kier alpha value is -6.78. The van der Waals surface area contributed by atoms with Crippen molar-refractivity contribution in [3.05, 3.63) is 181 Å². The molecule has 8 aromatic carbocycles. The largest absolute Gasteiger partial charge is 0.456 e. The number of hydrogen-bond donors (Lipinski definition) is 0. The minimum absolute atomic E-state index is 0.833. The monoisotopic (exact) mass is 670 g/mol. The van der Waals surface area contributed by atoms with E-state index in [-0.39, 0.29) is 0 Å². The fraction of sp³-hybridized carbons (Fsp3) is 0.0417. The molecule has 0 radical (unpaired) electrons. The van der Waals surface area contributed by atoms with Crippen LogP contribution >= 0.6 is 0 Å². The molecule has 0 fully saturated rings. The van der Waals surface area contributed by atoms with E-state index in [9.17, 15) is 0 Å². The summed E-state index contributed by atoms with van der Waals surface area (Å²) in [7, 11) is 0. The second-order valence-corrected chi connectivity index (χ2v) is 13.6. The summed E-state index contributed by atoms with van der Waals surface area (Å²) < 4.78 is 13.5. The van der Waals surface area contributed by atoms with E-state index in [2.05, 4.69) is 181 Å². The van der Waals surface area contributed by atoms with Crippen molar-refractivity contribution in [1.82, 2.24) is 0 Å². The van der Waals surface area contributed by atoms with Crippen molar-refractivity contribution < 1.29 is 9.47 Å². The number of aryl methyl sites for hydroxylation is 2. The summed E-state index contributed by atoms with van der Waals surface area (Å²) in [5, 5.41) is 2.16. The zero-order valence-corrected chi connectivity index (χ0v) is 28.9. The molecule has 0 saturated heterocycles. The van der Waals surface area contributed by atoms with Gasteiger partial charge in [-0.2, -0.15) is 0 Å². The molecule has 10 rings (SSSR count). The zero-order valence-electron chi connectivity index (χ0n) is 28.9. The Morgan fingerprint density at radius 2 is 0.654 bits per heavy atom. The van der Waals surface area contributed by atoms with E-state index in [4.69, 9.17) is 9.47 Å². The summed E-state index contributed by atoms with van der Waals surface area (Å²) in [5.74, 6) is 3.33. The Morgan fingerprint density at radius 3 is 1.06 bits per heavy atom. The van der Waals surface area contributed by atoms with Crippen molar-refractivity contribution in [2.45, 2.75) is 13.8 Å². The molecule has 52 heavy (non-hydrogen) atoms. The molecule has 4 nitrogen and oxygen atoms in total. The minimum atomic E-state index is 0.833. The average Bonchev–Trinajstić information content (AvgIpc) is 3.19. The van der Waals surface area contributed by atoms with E-state index < -0.39 is 0 Å². The number of ether oxygens (including phenoxy) is 2. The summed E-state index contributed by atoms with van der Waals surface area (Å²) in [5.41, 5.74) is 13.3. The number of rotatable bonds is 6. The van der Waals surface area contributed by atoms with E-state index in [0.717, 1.165) is 90.1 Å². The molecule has 0 aliphatic carbocycles. The first-order valence-corrected chi connectivity index (χ1v) is 17.7. The third kappa shape index (κ3) is 4.91. The highest BCUT2D eigenvalue weighted by atomic mass is 16.5. The van der Waals surface area contributed by atoms with Gasteiger partial charge in [0.25, 0.3) is 0 Å². The minimum Gasteiger partial charge on any atom is -0.456 e. The molecule has 2 aliphatic rings. The number of nitrogens with zero attached hydrogens (tertiary/aromatic N) is 2. The molecule has 0 aromatic heterocycles. The van der Waals surface area contributed by atoms with Crippen LogP contribution in [0, 0.1) is 13.8 Å². The van der Waals surface area contributed by atoms with Gasteiger partial charge >= 0.3 is 0 Å². The molecule has 0 spiro atoms. The Labute approximate surface area is 303 Å². The first-order chi connectivity index (χ1) is 25.6. The molecule has 2 aliphatic heterocycles. The zero-order chi connectivity index (χ0) is 34.8. The van der Waals surface area contributed by atoms with Gasteiger partial charge in [-0.05, 0) is 122 Å². The van der Waals surface area contributed by atoms with Crippen molar-refractivity contribution in [2.24, 2.45) is 0 Å². The molecular weight excluding hydrogens is 637 g/mol. The Bertz CT molecular complexity index is 2450. The van der Waals surface area contributed by atoms with Gasteiger partial charge in [-0.1, -0.05) is 71.8 Å². The summed E-state index contributed by atoms with van der Waals surface area (Å²) in [6, 6.07) is 59.9. The third-order valence-electron chi connectivity index (χ3n) is 10.2. The van der Waals surface area contributed by atoms with Crippen LogP contribution in [0.4, 0.5) is 34.1 Å². The fourth-order valence-electron chi connectivity index (χ4n) is 7.64. The van der Waals surface area contributed by atoms with E-state index in [1.807, 2.05) is 12.1 Å². The van der Waals surface area contributed by atoms with Crippen LogP contribution in [0.2, 0.25) is 0 Å². The number of fused-ring (bicyclic) bond motifs is 4. The van der Waals surface area contributed by atoms with Crippen LogP contribution in [0.25, 0.3) is 33.0 Å². The van der Waals surface area contributed by atoms with Gasteiger partial charge in [-0.25, -0.2) is 0 Å². The lowest BCUT2D eigenvalue weighted by Crippen LogP contribution is -2.11. The molecule has 248 valence electrons. The van der Waals surface area contributed by atoms with Gasteiger partial charge in [0.05, 0.1) is 0 Å². The third-order valence-corrected chi connectivity index (χ3v) is 10.2. The molecule has 2 heterocycles. The van der Waals surface area contributed by atoms with E-state index in [1.165, 1.54) is 11.1 Å². The smallest absolute Gasteiger partial charge is 0.137 e. The Balaban J connectivity index is 1.06. The van der Waals surface area contributed by atoms with Gasteiger partial charge in [0.2, 0.25) is 0 Å². The van der Waals surface area contributed by atoms with Crippen molar-refractivity contribution in [3.63, 3.8) is 0 Å². The number of anilines is 6. The average molecular weight is 671 g/mol. The SMILES string of the molecule is Cc1ccc(N(c2ccccc2)c2ccc3c(c2)Oc2ccc4c5c(ccc-3c25)Oc2cc(N(c3ccccc3)c3ccc(C)cc3)ccc2-4)cc1. The van der Waals surface area contributed by atoms with Crippen LogP contribution < -0.4 is 19.3 Å². The predicted octanol–water partition coefficient (Wildman–Crippen LogP) is 13.9. The summed E-state index contributed by atoms with van der Waals surface area (Å²) in [6.45, 7) is 4.23. The van der Waals surface area contributed by atoms with Gasteiger partial charge in [0.1, 0.15) is 23.0 Å². The highest BCUT2D eigenvalue weighted by Crippen LogP contribution is 2.56. The lowest BCUT2D eigenvalue weighted by Gasteiger charge is -2.30. The maximum atomic E-state index is 6.77. The number of hydrogen-bond acceptors (Lipinski definition) is 4. The van der Waals surface area contributed by atoms with Gasteiger partial charge in [0.15, 0.2) is 0 Å². The highest BCUT2D eigenvalue weighted by Gasteiger charge is 2.29. The molecule has 0 N–H and O–H groups in total. The van der Waals surface area contributed by atoms with E-state index in [0.29, 0.717) is 0 Å². The summed E-state index contributed by atoms with van der Waals surface area (Å²) in [4.78, 5) is 4.55. The molecule has 4 heteroatoms. The molecule has 0 amide bonds. The van der Waals surface area contributed by atoms with Gasteiger partial charge < -0.3 is 19.3 Å². The van der Waals surface area contributed by atoms with E-state index >= 15 is 0 Å². The van der Waals surface area contributed by atoms with Crippen molar-refractivity contribution in [2.75, 3.05) is 9.80 Å². The maximum absolute atomic E-state index is 6.77. The van der Waals surface area contributed by atoms with E-state index in [1.54, 1.807) is 0 Å². The fourth-order valence-corrected chi connectivity index (χ4v) is 7.64. The van der Waals surface area contributed by atoms with Crippen LogP contribution in [0.15, 0.2) is 170 Å². The molecule has 0 unspecified atom stereocenters. The maximum Gasteiger partial charge on any atom is 0.137 e. The van der Waals surface area contributed by atoms with Crippen LogP contribution in [0.3, 0.4) is 0 Å². The van der Waals surface area contributed by atoms with Gasteiger partial charge in [-0.15, -0.1) is 0 Å². The molecule has 8 aromatic rings. The van der Waals surface area contributed by atoms with Crippen molar-refractivity contribution >= 4 is 44.9 Å². The van der Waals surface area contributed by atoms with Crippen LogP contribution in [-0.4, -0.2) is 0 Å². The lowest BCUT2D eigenvalue weighted by molar-refractivity contribution is 0.480. The Kier molecular flexibility index (Phi) is 6.90. The van der Waals surface area contributed by atoms with Crippen molar-refractivity contribution in [1.29, 1.82) is 0 Å². The summed E-state index contributed by atoms with van der Waals surface area (Å²) >= 11 is 0. The molecular formula is C48H34N2O2. The predicted molar refractivity (Wildman–Crippen MR) is 214 cm³/mol. The Morgan fingerprint density at radius 1 is 0.308 bits per heavy atom. The lowest BCUT2D eigenvalue weighted by atomic mass is 9.88. The van der Waals surface area contributed by atoms with Gasteiger partial charge in [0, 0.05) is 68.2 Å². The first kappa shape index (κ1) is 30.1. The standard InChI is InChI=1S/C48H34N2O2/c1-31-13-17-35(18-14-31)49(33-9-5-3-6-10-33)37-21-23-39-41-25-28-44-48-42(26-27-43(47(41)48)51-45(39)29-37)40-24-22-38(30-46(40)52-44)50(34-11-7-4-8-12-34)36-19-15-32(2)16-20-36/h3-30H,1-2H3. The molecule has 0 saturated carbocycles. The molecule has 0 atom stereocenters. The van der Waals surface area contributed by atoms with Crippen LogP contribution in [-0.2, 0) is 0 Å². The second-order valence-electron chi connectivity index (χ2n) is 13.6. The number of benzene rings is 8. The normalized spacial score (nSPS) is 12.0.